The zero-order chi connectivity index (χ0) is 20.2. The summed E-state index contributed by atoms with van der Waals surface area (Å²) >= 11 is 0. The van der Waals surface area contributed by atoms with Gasteiger partial charge in [0.05, 0.1) is 12.2 Å². The second-order valence-electron chi connectivity index (χ2n) is 5.87. The third kappa shape index (κ3) is 5.44. The van der Waals surface area contributed by atoms with Gasteiger partial charge in [-0.05, 0) is 43.3 Å². The van der Waals surface area contributed by atoms with E-state index in [2.05, 4.69) is 11.7 Å². The number of benzene rings is 1. The zero-order valence-corrected chi connectivity index (χ0v) is 14.9. The molecule has 2 aromatic rings. The smallest absolute Gasteiger partial charge is 0.343 e. The first-order valence-electron chi connectivity index (χ1n) is 7.99. The van der Waals surface area contributed by atoms with Gasteiger partial charge >= 0.3 is 6.18 Å². The molecular weight excluding hydrogens is 361 g/mol. The lowest BCUT2D eigenvalue weighted by molar-refractivity contribution is -0.123. The summed E-state index contributed by atoms with van der Waals surface area (Å²) in [4.78, 5) is 25.4. The predicted molar refractivity (Wildman–Crippen MR) is 94.2 cm³/mol. The second kappa shape index (κ2) is 8.07. The summed E-state index contributed by atoms with van der Waals surface area (Å²) in [5, 5.41) is 6.10. The maximum Gasteiger partial charge on any atom is 0.405 e. The first-order valence-corrected chi connectivity index (χ1v) is 7.99. The summed E-state index contributed by atoms with van der Waals surface area (Å²) in [7, 11) is 1.78. The van der Waals surface area contributed by atoms with E-state index in [4.69, 9.17) is 0 Å². The van der Waals surface area contributed by atoms with Gasteiger partial charge < -0.3 is 10.2 Å². The van der Waals surface area contributed by atoms with Crippen LogP contribution in [0.5, 0.6) is 0 Å². The van der Waals surface area contributed by atoms with Crippen molar-refractivity contribution in [2.24, 2.45) is 7.05 Å². The van der Waals surface area contributed by atoms with Gasteiger partial charge in [0, 0.05) is 24.0 Å². The van der Waals surface area contributed by atoms with E-state index in [9.17, 15) is 22.8 Å². The number of alkyl halides is 3. The molecule has 0 aliphatic heterocycles. The number of carbonyl (C=O) groups is 2. The van der Waals surface area contributed by atoms with Crippen molar-refractivity contribution in [1.82, 2.24) is 15.1 Å². The van der Waals surface area contributed by atoms with Crippen LogP contribution in [0.3, 0.4) is 0 Å². The predicted octanol–water partition coefficient (Wildman–Crippen LogP) is 2.74. The van der Waals surface area contributed by atoms with Gasteiger partial charge in [0.15, 0.2) is 0 Å². The first kappa shape index (κ1) is 20.2. The molecule has 0 unspecified atom stereocenters. The van der Waals surface area contributed by atoms with Crippen LogP contribution >= 0.6 is 0 Å². The standard InChI is InChI=1S/C18H19F3N4O2/c1-4-16(26)25(10-14-9-12(2)24(3)23-14)15-7-5-13(6-8-15)17(27)22-11-18(19,20)21/h4-9H,1,10-11H2,2-3H3,(H,22,27). The molecule has 6 nitrogen and oxygen atoms in total. The van der Waals surface area contributed by atoms with Crippen molar-refractivity contribution in [2.45, 2.75) is 19.6 Å². The zero-order valence-electron chi connectivity index (χ0n) is 14.9. The Kier molecular flexibility index (Phi) is 6.04. The largest absolute Gasteiger partial charge is 0.405 e. The summed E-state index contributed by atoms with van der Waals surface area (Å²) in [5.41, 5.74) is 2.11. The lowest BCUT2D eigenvalue weighted by Crippen LogP contribution is -2.33. The van der Waals surface area contributed by atoms with E-state index >= 15 is 0 Å². The summed E-state index contributed by atoms with van der Waals surface area (Å²) in [6.45, 7) is 4.13. The van der Waals surface area contributed by atoms with Crippen LogP contribution in [-0.4, -0.2) is 34.3 Å². The van der Waals surface area contributed by atoms with Gasteiger partial charge in [-0.3, -0.25) is 14.3 Å². The minimum absolute atomic E-state index is 0.0580. The number of halogens is 3. The topological polar surface area (TPSA) is 67.2 Å². The average molecular weight is 380 g/mol. The van der Waals surface area contributed by atoms with Crippen LogP contribution in [0.1, 0.15) is 21.7 Å². The monoisotopic (exact) mass is 380 g/mol. The van der Waals surface area contributed by atoms with Crippen molar-refractivity contribution >= 4 is 17.5 Å². The van der Waals surface area contributed by atoms with E-state index < -0.39 is 18.6 Å². The number of nitrogens with one attached hydrogen (secondary N) is 1. The molecule has 0 spiro atoms. The molecule has 0 saturated carbocycles. The van der Waals surface area contributed by atoms with Crippen LogP contribution in [-0.2, 0) is 18.4 Å². The molecule has 2 rings (SSSR count). The highest BCUT2D eigenvalue weighted by Crippen LogP contribution is 2.19. The lowest BCUT2D eigenvalue weighted by atomic mass is 10.1. The van der Waals surface area contributed by atoms with Gasteiger partial charge in [-0.1, -0.05) is 6.58 Å². The van der Waals surface area contributed by atoms with Gasteiger partial charge in [-0.15, -0.1) is 0 Å². The Morgan fingerprint density at radius 2 is 1.93 bits per heavy atom. The fourth-order valence-corrected chi connectivity index (χ4v) is 2.36. The van der Waals surface area contributed by atoms with Crippen LogP contribution in [0.15, 0.2) is 43.0 Å². The van der Waals surface area contributed by atoms with E-state index in [1.54, 1.807) is 17.0 Å². The number of anilines is 1. The second-order valence-corrected chi connectivity index (χ2v) is 5.87. The number of rotatable bonds is 6. The molecule has 144 valence electrons. The van der Waals surface area contributed by atoms with E-state index in [0.717, 1.165) is 11.8 Å². The Hall–Kier alpha value is -3.10. The minimum Gasteiger partial charge on any atom is -0.343 e. The van der Waals surface area contributed by atoms with E-state index in [1.165, 1.54) is 29.2 Å². The average Bonchev–Trinajstić information content (AvgIpc) is 2.94. The van der Waals surface area contributed by atoms with Gasteiger partial charge in [0.2, 0.25) is 0 Å². The molecule has 1 aromatic carbocycles. The minimum atomic E-state index is -4.48. The van der Waals surface area contributed by atoms with E-state index in [1.807, 2.05) is 13.0 Å². The normalized spacial score (nSPS) is 11.1. The van der Waals surface area contributed by atoms with Crippen molar-refractivity contribution in [2.75, 3.05) is 11.4 Å². The molecule has 0 aliphatic carbocycles. The molecule has 0 fully saturated rings. The van der Waals surface area contributed by atoms with Crippen LogP contribution in [0.25, 0.3) is 0 Å². The van der Waals surface area contributed by atoms with Crippen LogP contribution in [0.4, 0.5) is 18.9 Å². The fourth-order valence-electron chi connectivity index (χ4n) is 2.36. The molecule has 0 bridgehead atoms. The van der Waals surface area contributed by atoms with Crippen LogP contribution in [0, 0.1) is 6.92 Å². The molecular formula is C18H19F3N4O2. The molecule has 9 heteroatoms. The Balaban J connectivity index is 2.18. The Morgan fingerprint density at radius 3 is 2.41 bits per heavy atom. The number of hydrogen-bond acceptors (Lipinski definition) is 3. The molecule has 1 N–H and O–H groups in total. The molecule has 1 heterocycles. The van der Waals surface area contributed by atoms with E-state index in [0.29, 0.717) is 11.4 Å². The summed E-state index contributed by atoms with van der Waals surface area (Å²) in [6, 6.07) is 7.52. The molecule has 27 heavy (non-hydrogen) atoms. The van der Waals surface area contributed by atoms with Crippen molar-refractivity contribution in [3.05, 3.63) is 59.9 Å². The van der Waals surface area contributed by atoms with E-state index in [-0.39, 0.29) is 18.0 Å². The quantitative estimate of drug-likeness (QED) is 0.784. The molecule has 0 saturated heterocycles. The van der Waals surface area contributed by atoms with Crippen LogP contribution in [0.2, 0.25) is 0 Å². The number of aromatic nitrogens is 2. The lowest BCUT2D eigenvalue weighted by Gasteiger charge is -2.20. The van der Waals surface area contributed by atoms with Crippen molar-refractivity contribution in [3.63, 3.8) is 0 Å². The molecule has 0 aliphatic rings. The Labute approximate surface area is 154 Å². The highest BCUT2D eigenvalue weighted by Gasteiger charge is 2.28. The SMILES string of the molecule is C=CC(=O)N(Cc1cc(C)n(C)n1)c1ccc(C(=O)NCC(F)(F)F)cc1. The summed E-state index contributed by atoms with van der Waals surface area (Å²) in [6.07, 6.45) is -3.33. The third-order valence-corrected chi connectivity index (χ3v) is 3.82. The number of amides is 2. The highest BCUT2D eigenvalue weighted by molar-refractivity contribution is 6.01. The molecule has 0 radical (unpaired) electrons. The molecule has 2 amide bonds. The van der Waals surface area contributed by atoms with Crippen molar-refractivity contribution in [1.29, 1.82) is 0 Å². The Bertz CT molecular complexity index is 822. The van der Waals surface area contributed by atoms with Gasteiger partial charge in [-0.2, -0.15) is 18.3 Å². The maximum atomic E-state index is 12.2. The molecule has 0 atom stereocenters. The fraction of sp³-hybridized carbons (Fsp3) is 0.278. The maximum absolute atomic E-state index is 12.2. The van der Waals surface area contributed by atoms with Crippen molar-refractivity contribution < 1.29 is 22.8 Å². The Morgan fingerprint density at radius 1 is 1.30 bits per heavy atom. The van der Waals surface area contributed by atoms with Gasteiger partial charge in [0.25, 0.3) is 11.8 Å². The number of aryl methyl sites for hydroxylation is 2. The van der Waals surface area contributed by atoms with Gasteiger partial charge in [0.1, 0.15) is 6.54 Å². The van der Waals surface area contributed by atoms with Crippen LogP contribution < -0.4 is 10.2 Å². The number of carbonyl (C=O) groups excluding carboxylic acids is 2. The summed E-state index contributed by atoms with van der Waals surface area (Å²) < 4.78 is 38.3. The number of nitrogens with zero attached hydrogens (tertiary/aromatic N) is 3. The van der Waals surface area contributed by atoms with Crippen molar-refractivity contribution in [3.8, 4) is 0 Å². The number of hydrogen-bond donors (Lipinski definition) is 1. The van der Waals surface area contributed by atoms with Gasteiger partial charge in [-0.25, -0.2) is 0 Å². The summed E-state index contributed by atoms with van der Waals surface area (Å²) in [5.74, 6) is -1.21. The molecule has 1 aromatic heterocycles. The first-order chi connectivity index (χ1) is 12.6. The third-order valence-electron chi connectivity index (χ3n) is 3.82. The highest BCUT2D eigenvalue weighted by atomic mass is 19.4.